The zero-order valence-electron chi connectivity index (χ0n) is 19.8. The number of rotatable bonds is 8. The minimum atomic E-state index is -0.844. The molecule has 4 aromatic rings. The molecule has 3 aromatic carbocycles. The average molecular weight is 486 g/mol. The highest BCUT2D eigenvalue weighted by molar-refractivity contribution is 5.88. The highest BCUT2D eigenvalue weighted by atomic mass is 16.7. The molecule has 1 aromatic heterocycles. The van der Waals surface area contributed by atoms with E-state index >= 15 is 0 Å². The third kappa shape index (κ3) is 5.27. The fourth-order valence-electron chi connectivity index (χ4n) is 4.22. The van der Waals surface area contributed by atoms with Crippen LogP contribution in [-0.2, 0) is 22.6 Å². The van der Waals surface area contributed by atoms with Crippen molar-refractivity contribution in [2.24, 2.45) is 0 Å². The molecule has 0 unspecified atom stereocenters. The van der Waals surface area contributed by atoms with Crippen LogP contribution in [0.1, 0.15) is 29.7 Å². The normalized spacial score (nSPS) is 13.7. The quantitative estimate of drug-likeness (QED) is 0.338. The van der Waals surface area contributed by atoms with Crippen LogP contribution in [0.2, 0.25) is 0 Å². The average Bonchev–Trinajstić information content (AvgIpc) is 3.54. The number of hydrogen-bond donors (Lipinski definition) is 3. The number of hydrogen-bond acceptors (Lipinski definition) is 5. The topological polar surface area (TPSA) is 102 Å². The van der Waals surface area contributed by atoms with Crippen molar-refractivity contribution in [2.45, 2.75) is 32.0 Å². The minimum Gasteiger partial charge on any atom is -0.454 e. The first-order valence-corrected chi connectivity index (χ1v) is 11.8. The smallest absolute Gasteiger partial charge is 0.408 e. The predicted molar refractivity (Wildman–Crippen MR) is 135 cm³/mol. The molecule has 0 bridgehead atoms. The van der Waals surface area contributed by atoms with Gasteiger partial charge in [0, 0.05) is 23.5 Å². The molecule has 36 heavy (non-hydrogen) atoms. The Hall–Kier alpha value is -4.46. The van der Waals surface area contributed by atoms with Gasteiger partial charge >= 0.3 is 6.09 Å². The van der Waals surface area contributed by atoms with Gasteiger partial charge in [0.1, 0.15) is 12.6 Å². The van der Waals surface area contributed by atoms with E-state index in [2.05, 4.69) is 15.6 Å². The van der Waals surface area contributed by atoms with Crippen LogP contribution in [0.25, 0.3) is 10.9 Å². The lowest BCUT2D eigenvalue weighted by Crippen LogP contribution is -2.48. The largest absolute Gasteiger partial charge is 0.454 e. The number of ether oxygens (including phenoxy) is 3. The number of para-hydroxylation sites is 1. The van der Waals surface area contributed by atoms with E-state index < -0.39 is 12.1 Å². The zero-order valence-corrected chi connectivity index (χ0v) is 19.8. The van der Waals surface area contributed by atoms with Gasteiger partial charge in [-0.25, -0.2) is 4.79 Å². The number of benzene rings is 3. The third-order valence-corrected chi connectivity index (χ3v) is 6.18. The zero-order chi connectivity index (χ0) is 24.9. The van der Waals surface area contributed by atoms with E-state index in [-0.39, 0.29) is 25.3 Å². The lowest BCUT2D eigenvalue weighted by atomic mass is 10.0. The lowest BCUT2D eigenvalue weighted by molar-refractivity contribution is -0.123. The molecular formula is C28H27N3O5. The fourth-order valence-corrected chi connectivity index (χ4v) is 4.22. The highest BCUT2D eigenvalue weighted by Gasteiger charge is 2.25. The molecule has 0 aliphatic carbocycles. The maximum absolute atomic E-state index is 13.4. The molecule has 5 rings (SSSR count). The van der Waals surface area contributed by atoms with Gasteiger partial charge in [0.25, 0.3) is 0 Å². The van der Waals surface area contributed by atoms with E-state index in [1.54, 1.807) is 0 Å². The molecule has 2 atom stereocenters. The van der Waals surface area contributed by atoms with E-state index in [4.69, 9.17) is 14.2 Å². The second-order valence-electron chi connectivity index (χ2n) is 8.67. The molecular weight excluding hydrogens is 458 g/mol. The van der Waals surface area contributed by atoms with Crippen molar-refractivity contribution in [3.05, 3.63) is 95.7 Å². The van der Waals surface area contributed by atoms with Crippen LogP contribution in [0.3, 0.4) is 0 Å². The number of carbonyl (C=O) groups excluding carboxylic acids is 2. The van der Waals surface area contributed by atoms with Gasteiger partial charge < -0.3 is 29.8 Å². The standard InChI is InChI=1S/C28H27N3O5/c1-18(20-11-12-25-26(14-20)36-17-35-25)30-27(32)24(13-21-15-29-23-10-6-5-9-22(21)23)31-28(33)34-16-19-7-3-2-4-8-19/h2-12,14-15,18,24,29H,13,16-17H2,1H3,(H,30,32)(H,31,33)/t18-,24+/m1/s1. The summed E-state index contributed by atoms with van der Waals surface area (Å²) in [4.78, 5) is 29.3. The number of aromatic amines is 1. The van der Waals surface area contributed by atoms with Gasteiger partial charge in [-0.05, 0) is 41.8 Å². The van der Waals surface area contributed by atoms with Crippen LogP contribution >= 0.6 is 0 Å². The summed E-state index contributed by atoms with van der Waals surface area (Å²) >= 11 is 0. The summed E-state index contributed by atoms with van der Waals surface area (Å²) in [6, 6.07) is 21.6. The summed E-state index contributed by atoms with van der Waals surface area (Å²) in [7, 11) is 0. The SMILES string of the molecule is C[C@@H](NC(=O)[C@H](Cc1c[nH]c2ccccc12)NC(=O)OCc1ccccc1)c1ccc2c(c1)OCO2. The molecule has 8 heteroatoms. The molecule has 0 fully saturated rings. The van der Waals surface area contributed by atoms with Crippen molar-refractivity contribution in [3.8, 4) is 11.5 Å². The Balaban J connectivity index is 1.30. The van der Waals surface area contributed by atoms with Gasteiger partial charge in [-0.15, -0.1) is 0 Å². The van der Waals surface area contributed by atoms with Gasteiger partial charge in [0.05, 0.1) is 6.04 Å². The van der Waals surface area contributed by atoms with E-state index in [0.29, 0.717) is 17.9 Å². The fraction of sp³-hybridized carbons (Fsp3) is 0.214. The summed E-state index contributed by atoms with van der Waals surface area (Å²) in [6.07, 6.45) is 1.50. The first-order chi connectivity index (χ1) is 17.6. The second kappa shape index (κ2) is 10.4. The van der Waals surface area contributed by atoms with E-state index in [9.17, 15) is 9.59 Å². The Bertz CT molecular complexity index is 1370. The van der Waals surface area contributed by atoms with Gasteiger partial charge in [0.15, 0.2) is 11.5 Å². The predicted octanol–water partition coefficient (Wildman–Crippen LogP) is 4.61. The van der Waals surface area contributed by atoms with Crippen LogP contribution < -0.4 is 20.1 Å². The van der Waals surface area contributed by atoms with Crippen molar-refractivity contribution in [1.29, 1.82) is 0 Å². The van der Waals surface area contributed by atoms with Gasteiger partial charge in [0.2, 0.25) is 12.7 Å². The molecule has 2 amide bonds. The number of alkyl carbamates (subject to hydrolysis) is 1. The summed E-state index contributed by atoms with van der Waals surface area (Å²) in [5.41, 5.74) is 3.61. The van der Waals surface area contributed by atoms with Gasteiger partial charge in [-0.3, -0.25) is 4.79 Å². The number of amides is 2. The maximum Gasteiger partial charge on any atom is 0.408 e. The van der Waals surface area contributed by atoms with Crippen molar-refractivity contribution in [2.75, 3.05) is 6.79 Å². The monoisotopic (exact) mass is 485 g/mol. The molecule has 2 heterocycles. The van der Waals surface area contributed by atoms with Crippen LogP contribution in [0.5, 0.6) is 11.5 Å². The Kier molecular flexibility index (Phi) is 6.75. The Morgan fingerprint density at radius 3 is 2.61 bits per heavy atom. The Morgan fingerprint density at radius 2 is 1.75 bits per heavy atom. The first kappa shape index (κ1) is 23.3. The molecule has 184 valence electrons. The van der Waals surface area contributed by atoms with E-state index in [0.717, 1.165) is 27.6 Å². The van der Waals surface area contributed by atoms with E-state index in [1.807, 2.05) is 85.9 Å². The number of carbonyl (C=O) groups is 2. The van der Waals surface area contributed by atoms with E-state index in [1.165, 1.54) is 0 Å². The summed E-state index contributed by atoms with van der Waals surface area (Å²) in [5, 5.41) is 6.77. The molecule has 1 aliphatic rings. The minimum absolute atomic E-state index is 0.113. The Morgan fingerprint density at radius 1 is 0.972 bits per heavy atom. The maximum atomic E-state index is 13.4. The molecule has 0 saturated carbocycles. The third-order valence-electron chi connectivity index (χ3n) is 6.18. The molecule has 3 N–H and O–H groups in total. The van der Waals surface area contributed by atoms with Crippen molar-refractivity contribution >= 4 is 22.9 Å². The van der Waals surface area contributed by atoms with Crippen molar-refractivity contribution in [1.82, 2.24) is 15.6 Å². The van der Waals surface area contributed by atoms with Crippen LogP contribution in [0.4, 0.5) is 4.79 Å². The number of aromatic nitrogens is 1. The molecule has 0 spiro atoms. The summed E-state index contributed by atoms with van der Waals surface area (Å²) in [6.45, 7) is 2.18. The molecule has 8 nitrogen and oxygen atoms in total. The van der Waals surface area contributed by atoms with Crippen molar-refractivity contribution in [3.63, 3.8) is 0 Å². The van der Waals surface area contributed by atoms with Gasteiger partial charge in [-0.1, -0.05) is 54.6 Å². The highest BCUT2D eigenvalue weighted by Crippen LogP contribution is 2.34. The Labute approximate surface area is 208 Å². The molecule has 0 saturated heterocycles. The number of fused-ring (bicyclic) bond motifs is 2. The number of H-pyrrole nitrogens is 1. The van der Waals surface area contributed by atoms with Crippen LogP contribution in [0.15, 0.2) is 79.0 Å². The van der Waals surface area contributed by atoms with Crippen LogP contribution in [0, 0.1) is 0 Å². The number of nitrogens with one attached hydrogen (secondary N) is 3. The summed E-state index contributed by atoms with van der Waals surface area (Å²) < 4.78 is 16.2. The second-order valence-corrected chi connectivity index (χ2v) is 8.67. The lowest BCUT2D eigenvalue weighted by Gasteiger charge is -2.21. The van der Waals surface area contributed by atoms with Crippen LogP contribution in [-0.4, -0.2) is 29.8 Å². The first-order valence-electron chi connectivity index (χ1n) is 11.8. The summed E-state index contributed by atoms with van der Waals surface area (Å²) in [5.74, 6) is 1.01. The van der Waals surface area contributed by atoms with Gasteiger partial charge in [-0.2, -0.15) is 0 Å². The van der Waals surface area contributed by atoms with Crippen molar-refractivity contribution < 1.29 is 23.8 Å². The molecule has 1 aliphatic heterocycles. The molecule has 0 radical (unpaired) electrons.